The van der Waals surface area contributed by atoms with E-state index in [-0.39, 0.29) is 5.82 Å². The summed E-state index contributed by atoms with van der Waals surface area (Å²) in [5.41, 5.74) is 1.60. The zero-order chi connectivity index (χ0) is 14.8. The number of carbonyl (C=O) groups is 1. The topological polar surface area (TPSA) is 29.5 Å². The van der Waals surface area contributed by atoms with Gasteiger partial charge in [0, 0.05) is 23.5 Å². The Kier molecular flexibility index (Phi) is 4.03. The van der Waals surface area contributed by atoms with Gasteiger partial charge in [-0.25, -0.2) is 9.18 Å². The molecule has 1 unspecified atom stereocenters. The average molecular weight is 305 g/mol. The Morgan fingerprint density at radius 3 is 2.95 bits per heavy atom. The van der Waals surface area contributed by atoms with Gasteiger partial charge in [-0.15, -0.1) is 11.3 Å². The quantitative estimate of drug-likeness (QED) is 0.816. The number of hydrogen-bond donors (Lipinski definition) is 0. The fraction of sp³-hybridized carbons (Fsp3) is 0.312. The zero-order valence-electron chi connectivity index (χ0n) is 11.7. The number of carbonyl (C=O) groups excluding carboxylic acids is 1. The third kappa shape index (κ3) is 2.71. The molecule has 0 radical (unpaired) electrons. The Morgan fingerprint density at radius 2 is 2.19 bits per heavy atom. The van der Waals surface area contributed by atoms with E-state index in [4.69, 9.17) is 4.74 Å². The number of methoxy groups -OCH3 is 1. The molecule has 1 aliphatic heterocycles. The molecule has 0 fully saturated rings. The summed E-state index contributed by atoms with van der Waals surface area (Å²) in [6.07, 6.45) is 0.884. The van der Waals surface area contributed by atoms with E-state index < -0.39 is 12.0 Å². The van der Waals surface area contributed by atoms with Gasteiger partial charge in [-0.05, 0) is 29.5 Å². The second kappa shape index (κ2) is 5.95. The van der Waals surface area contributed by atoms with Crippen molar-refractivity contribution in [3.05, 3.63) is 57.5 Å². The Bertz CT molecular complexity index is 655. The highest BCUT2D eigenvalue weighted by molar-refractivity contribution is 7.10. The van der Waals surface area contributed by atoms with Crippen LogP contribution in [0, 0.1) is 5.82 Å². The van der Waals surface area contributed by atoms with E-state index in [1.165, 1.54) is 23.6 Å². The molecule has 0 N–H and O–H groups in total. The number of esters is 1. The molecule has 1 aromatic heterocycles. The van der Waals surface area contributed by atoms with Crippen molar-refractivity contribution in [1.82, 2.24) is 4.90 Å². The van der Waals surface area contributed by atoms with Crippen LogP contribution in [0.15, 0.2) is 35.7 Å². The standard InChI is InChI=1S/C16H16FNO2S/c1-20-16(19)15(12-4-2-3-5-13(12)17)18-8-6-14-11(10-18)7-9-21-14/h2-5,7,9,15H,6,8,10H2,1H3. The lowest BCUT2D eigenvalue weighted by atomic mass is 10.0. The van der Waals surface area contributed by atoms with Crippen molar-refractivity contribution < 1.29 is 13.9 Å². The van der Waals surface area contributed by atoms with Crippen LogP contribution in [0.3, 0.4) is 0 Å². The SMILES string of the molecule is COC(=O)C(c1ccccc1F)N1CCc2sccc2C1. The van der Waals surface area contributed by atoms with Crippen molar-refractivity contribution in [2.24, 2.45) is 0 Å². The van der Waals surface area contributed by atoms with Gasteiger partial charge >= 0.3 is 5.97 Å². The van der Waals surface area contributed by atoms with E-state index >= 15 is 0 Å². The summed E-state index contributed by atoms with van der Waals surface area (Å²) in [7, 11) is 1.34. The van der Waals surface area contributed by atoms with Crippen LogP contribution in [0.25, 0.3) is 0 Å². The highest BCUT2D eigenvalue weighted by Gasteiger charge is 2.33. The van der Waals surface area contributed by atoms with Gasteiger partial charge in [0.15, 0.2) is 0 Å². The van der Waals surface area contributed by atoms with Crippen molar-refractivity contribution in [1.29, 1.82) is 0 Å². The van der Waals surface area contributed by atoms with Crippen molar-refractivity contribution in [2.45, 2.75) is 19.0 Å². The first-order chi connectivity index (χ1) is 10.2. The molecule has 5 heteroatoms. The highest BCUT2D eigenvalue weighted by Crippen LogP contribution is 2.32. The first-order valence-electron chi connectivity index (χ1n) is 6.82. The third-order valence-electron chi connectivity index (χ3n) is 3.83. The van der Waals surface area contributed by atoms with Crippen LogP contribution in [-0.2, 0) is 22.5 Å². The predicted octanol–water partition coefficient (Wildman–Crippen LogP) is 3.16. The van der Waals surface area contributed by atoms with Gasteiger partial charge in [-0.1, -0.05) is 18.2 Å². The fourth-order valence-corrected chi connectivity index (χ4v) is 3.66. The molecule has 2 heterocycles. The summed E-state index contributed by atoms with van der Waals surface area (Å²) < 4.78 is 19.0. The molecule has 0 saturated carbocycles. The van der Waals surface area contributed by atoms with Gasteiger partial charge in [0.2, 0.25) is 0 Å². The van der Waals surface area contributed by atoms with Crippen LogP contribution in [-0.4, -0.2) is 24.5 Å². The minimum atomic E-state index is -0.691. The molecule has 3 nitrogen and oxygen atoms in total. The Hall–Kier alpha value is -1.72. The normalized spacial score (nSPS) is 16.3. The number of halogens is 1. The molecule has 2 aromatic rings. The Morgan fingerprint density at radius 1 is 1.38 bits per heavy atom. The van der Waals surface area contributed by atoms with Crippen molar-refractivity contribution in [3.63, 3.8) is 0 Å². The van der Waals surface area contributed by atoms with Gasteiger partial charge in [-0.2, -0.15) is 0 Å². The van der Waals surface area contributed by atoms with Crippen LogP contribution in [0.4, 0.5) is 4.39 Å². The Balaban J connectivity index is 1.94. The van der Waals surface area contributed by atoms with E-state index in [2.05, 4.69) is 11.4 Å². The second-order valence-electron chi connectivity index (χ2n) is 5.04. The maximum Gasteiger partial charge on any atom is 0.327 e. The summed E-state index contributed by atoms with van der Waals surface area (Å²) in [6, 6.07) is 7.78. The minimum Gasteiger partial charge on any atom is -0.468 e. The van der Waals surface area contributed by atoms with E-state index in [1.54, 1.807) is 29.5 Å². The van der Waals surface area contributed by atoms with Gasteiger partial charge in [0.1, 0.15) is 11.9 Å². The van der Waals surface area contributed by atoms with E-state index in [0.717, 1.165) is 13.0 Å². The zero-order valence-corrected chi connectivity index (χ0v) is 12.5. The smallest absolute Gasteiger partial charge is 0.327 e. The lowest BCUT2D eigenvalue weighted by molar-refractivity contribution is -0.147. The van der Waals surface area contributed by atoms with Crippen molar-refractivity contribution in [3.8, 4) is 0 Å². The molecule has 0 amide bonds. The maximum atomic E-state index is 14.1. The van der Waals surface area contributed by atoms with Crippen molar-refractivity contribution >= 4 is 17.3 Å². The number of ether oxygens (including phenoxy) is 1. The van der Waals surface area contributed by atoms with Gasteiger partial charge in [0.25, 0.3) is 0 Å². The van der Waals surface area contributed by atoms with Crippen LogP contribution in [0.1, 0.15) is 22.0 Å². The van der Waals surface area contributed by atoms with Gasteiger partial charge in [-0.3, -0.25) is 4.90 Å². The molecule has 1 atom stereocenters. The summed E-state index contributed by atoms with van der Waals surface area (Å²) in [6.45, 7) is 1.37. The lowest BCUT2D eigenvalue weighted by Gasteiger charge is -2.33. The number of hydrogen-bond acceptors (Lipinski definition) is 4. The van der Waals surface area contributed by atoms with Crippen LogP contribution >= 0.6 is 11.3 Å². The lowest BCUT2D eigenvalue weighted by Crippen LogP contribution is -2.38. The maximum absolute atomic E-state index is 14.1. The Labute approximate surface area is 127 Å². The molecular weight excluding hydrogens is 289 g/mol. The molecule has 21 heavy (non-hydrogen) atoms. The molecule has 3 rings (SSSR count). The average Bonchev–Trinajstić information content (AvgIpc) is 2.97. The number of fused-ring (bicyclic) bond motifs is 1. The minimum absolute atomic E-state index is 0.371. The summed E-state index contributed by atoms with van der Waals surface area (Å²) >= 11 is 1.74. The molecule has 0 spiro atoms. The molecule has 1 aliphatic rings. The van der Waals surface area contributed by atoms with Crippen LogP contribution in [0.5, 0.6) is 0 Å². The monoisotopic (exact) mass is 305 g/mol. The molecular formula is C16H16FNO2S. The second-order valence-corrected chi connectivity index (χ2v) is 6.04. The van der Waals surface area contributed by atoms with Crippen LogP contribution < -0.4 is 0 Å². The number of benzene rings is 1. The van der Waals surface area contributed by atoms with Gasteiger partial charge < -0.3 is 4.74 Å². The van der Waals surface area contributed by atoms with E-state index in [1.807, 2.05) is 4.90 Å². The molecule has 0 saturated heterocycles. The number of nitrogens with zero attached hydrogens (tertiary/aromatic N) is 1. The summed E-state index contributed by atoms with van der Waals surface area (Å²) in [5.74, 6) is -0.789. The molecule has 1 aromatic carbocycles. The van der Waals surface area contributed by atoms with E-state index in [9.17, 15) is 9.18 Å². The number of thiophene rings is 1. The summed E-state index contributed by atoms with van der Waals surface area (Å²) in [4.78, 5) is 15.5. The van der Waals surface area contributed by atoms with Crippen LogP contribution in [0.2, 0.25) is 0 Å². The number of rotatable bonds is 3. The first kappa shape index (κ1) is 14.2. The molecule has 110 valence electrons. The largest absolute Gasteiger partial charge is 0.468 e. The van der Waals surface area contributed by atoms with Gasteiger partial charge in [0.05, 0.1) is 7.11 Å². The van der Waals surface area contributed by atoms with E-state index in [0.29, 0.717) is 12.1 Å². The predicted molar refractivity (Wildman–Crippen MR) is 79.6 cm³/mol. The third-order valence-corrected chi connectivity index (χ3v) is 4.85. The molecule has 0 aliphatic carbocycles. The highest BCUT2D eigenvalue weighted by atomic mass is 32.1. The fourth-order valence-electron chi connectivity index (χ4n) is 2.77. The van der Waals surface area contributed by atoms with Crippen molar-refractivity contribution in [2.75, 3.05) is 13.7 Å². The summed E-state index contributed by atoms with van der Waals surface area (Å²) in [5, 5.41) is 2.06. The molecule has 0 bridgehead atoms. The first-order valence-corrected chi connectivity index (χ1v) is 7.70.